The second-order valence-electron chi connectivity index (χ2n) is 30.2. The molecule has 40 nitrogen and oxygen atoms in total. The van der Waals surface area contributed by atoms with E-state index in [0.717, 1.165) is 33.9 Å². The zero-order chi connectivity index (χ0) is 88.4. The molecule has 4 aliphatic rings. The third-order valence-electron chi connectivity index (χ3n) is 22.0. The van der Waals surface area contributed by atoms with Crippen molar-refractivity contribution in [1.29, 1.82) is 0 Å². The lowest BCUT2D eigenvalue weighted by atomic mass is 9.78. The fraction of sp³-hybridized carbons (Fsp3) is 0.600. The van der Waals surface area contributed by atoms with Gasteiger partial charge in [-0.2, -0.15) is 68.9 Å². The predicted molar refractivity (Wildman–Crippen MR) is 445 cm³/mol. The molecule has 0 unspecified atom stereocenters. The van der Waals surface area contributed by atoms with Crippen LogP contribution in [-0.2, 0) is 72.9 Å². The van der Waals surface area contributed by atoms with Crippen LogP contribution in [0.4, 0.5) is 0 Å². The Balaban J connectivity index is 0.000000280. The van der Waals surface area contributed by atoms with Gasteiger partial charge in [0.05, 0.1) is 12.1 Å². The van der Waals surface area contributed by atoms with Crippen LogP contribution in [0, 0.1) is 23.7 Å². The number of aliphatic carboxylic acids is 4. The Hall–Kier alpha value is -6.14. The Morgan fingerprint density at radius 3 is 1.01 bits per heavy atom. The molecular formula is C70H120B4N16O24S4. The molecule has 4 saturated heterocycles. The van der Waals surface area contributed by atoms with Gasteiger partial charge in [-0.3, -0.25) is 19.2 Å². The van der Waals surface area contributed by atoms with Crippen LogP contribution in [-0.4, -0.2) is 298 Å². The first-order chi connectivity index (χ1) is 55.3. The molecule has 8 rings (SSSR count). The molecule has 0 amide bonds. The van der Waals surface area contributed by atoms with E-state index in [4.69, 9.17) is 86.1 Å². The molecule has 118 heavy (non-hydrogen) atoms. The van der Waals surface area contributed by atoms with Crippen LogP contribution in [0.3, 0.4) is 0 Å². The molecular weight excluding hydrogens is 1620 g/mol. The van der Waals surface area contributed by atoms with Gasteiger partial charge in [-0.15, -0.1) is 0 Å². The first-order valence-corrected chi connectivity index (χ1v) is 44.6. The largest absolute Gasteiger partial charge is 0.480 e. The minimum Gasteiger partial charge on any atom is -0.480 e. The number of nitrogens with zero attached hydrogens (tertiary/aromatic N) is 6. The van der Waals surface area contributed by atoms with E-state index in [1.807, 2.05) is 66.7 Å². The molecule has 0 bridgehead atoms. The number of nitrogens with one attached hydrogen (secondary N) is 2. The van der Waals surface area contributed by atoms with Gasteiger partial charge in [0, 0.05) is 127 Å². The van der Waals surface area contributed by atoms with Gasteiger partial charge in [0.25, 0.3) is 40.8 Å². The van der Waals surface area contributed by atoms with Crippen LogP contribution in [0.5, 0.6) is 0 Å². The molecule has 4 aromatic carbocycles. The van der Waals surface area contributed by atoms with Crippen LogP contribution in [0.25, 0.3) is 0 Å². The molecule has 48 heteroatoms. The molecule has 0 radical (unpaired) electrons. The lowest BCUT2D eigenvalue weighted by molar-refractivity contribution is -0.145. The van der Waals surface area contributed by atoms with E-state index < -0.39 is 163 Å². The van der Waals surface area contributed by atoms with Crippen LogP contribution in [0.1, 0.15) is 99.6 Å². The summed E-state index contributed by atoms with van der Waals surface area (Å²) in [6.07, 6.45) is 3.37. The summed E-state index contributed by atoms with van der Waals surface area (Å²) < 4.78 is 117. The summed E-state index contributed by atoms with van der Waals surface area (Å²) in [7, 11) is -22.1. The van der Waals surface area contributed by atoms with E-state index in [1.165, 1.54) is 8.61 Å². The maximum Gasteiger partial charge on any atom is 0.451 e. The van der Waals surface area contributed by atoms with Gasteiger partial charge in [0.1, 0.15) is 22.2 Å². The van der Waals surface area contributed by atoms with E-state index in [1.54, 1.807) is 68.4 Å². The highest BCUT2D eigenvalue weighted by atomic mass is 32.2. The maximum absolute atomic E-state index is 13.5. The summed E-state index contributed by atoms with van der Waals surface area (Å²) in [5, 5.41) is 111. The number of nitrogens with two attached hydrogens (primary N) is 8. The summed E-state index contributed by atoms with van der Waals surface area (Å²) in [5.41, 5.74) is 44.0. The van der Waals surface area contributed by atoms with Gasteiger partial charge >= 0.3 is 52.4 Å². The molecule has 0 aromatic heterocycles. The number of carbonyl (C=O) groups is 4. The Bertz CT molecular complexity index is 4260. The molecule has 660 valence electrons. The van der Waals surface area contributed by atoms with E-state index in [9.17, 15) is 73.3 Å². The fourth-order valence-electron chi connectivity index (χ4n) is 15.1. The minimum absolute atomic E-state index is 0.0294. The topological polar surface area (TPSA) is 699 Å². The van der Waals surface area contributed by atoms with Crippen LogP contribution < -0.4 is 55.3 Å². The van der Waals surface area contributed by atoms with Crippen LogP contribution in [0.15, 0.2) is 121 Å². The van der Waals surface area contributed by atoms with E-state index in [2.05, 4.69) is 9.44 Å². The molecule has 12 atom stereocenters. The number of benzene rings is 4. The first-order valence-electron chi connectivity index (χ1n) is 38.9. The zero-order valence-corrected chi connectivity index (χ0v) is 69.7. The van der Waals surface area contributed by atoms with Gasteiger partial charge in [-0.1, -0.05) is 161 Å². The lowest BCUT2D eigenvalue weighted by Crippen LogP contribution is -2.56. The van der Waals surface area contributed by atoms with Gasteiger partial charge in [0.15, 0.2) is 0 Å². The van der Waals surface area contributed by atoms with Crippen molar-refractivity contribution in [3.8, 4) is 0 Å². The minimum atomic E-state index is -4.04. The molecule has 0 aliphatic carbocycles. The van der Waals surface area contributed by atoms with Crippen molar-refractivity contribution in [1.82, 2.24) is 35.3 Å². The average molecular weight is 1740 g/mol. The van der Waals surface area contributed by atoms with E-state index in [0.29, 0.717) is 44.1 Å². The highest BCUT2D eigenvalue weighted by Crippen LogP contribution is 2.38. The van der Waals surface area contributed by atoms with Crippen molar-refractivity contribution in [2.45, 2.75) is 150 Å². The van der Waals surface area contributed by atoms with E-state index in [-0.39, 0.29) is 143 Å². The lowest BCUT2D eigenvalue weighted by Gasteiger charge is -2.33. The summed E-state index contributed by atoms with van der Waals surface area (Å²) >= 11 is 0. The smallest absolute Gasteiger partial charge is 0.451 e. The second kappa shape index (κ2) is 46.4. The summed E-state index contributed by atoms with van der Waals surface area (Å²) in [5.74, 6) is -7.76. The highest BCUT2D eigenvalue weighted by molar-refractivity contribution is 7.87. The van der Waals surface area contributed by atoms with Gasteiger partial charge in [-0.25, -0.2) is 0 Å². The third kappa shape index (κ3) is 27.9. The Kier molecular flexibility index (Phi) is 40.2. The number of hydrogen-bond donors (Lipinski definition) is 22. The van der Waals surface area contributed by atoms with Crippen molar-refractivity contribution in [3.05, 3.63) is 144 Å². The van der Waals surface area contributed by atoms with Gasteiger partial charge in [0.2, 0.25) is 0 Å². The molecule has 30 N–H and O–H groups in total. The predicted octanol–water partition coefficient (Wildman–Crippen LogP) is -4.84. The zero-order valence-electron chi connectivity index (χ0n) is 66.5. The number of likely N-dealkylation sites (N-methyl/N-ethyl adjacent to an activating group) is 2. The van der Waals surface area contributed by atoms with Crippen molar-refractivity contribution >= 4 is 93.2 Å². The first kappa shape index (κ1) is 102. The van der Waals surface area contributed by atoms with Gasteiger partial charge < -0.3 is 106 Å². The average Bonchev–Trinajstić information content (AvgIpc) is 1.61. The molecule has 0 saturated carbocycles. The molecule has 4 fully saturated rings. The number of carboxylic acid groups (broad SMARTS) is 4. The van der Waals surface area contributed by atoms with Crippen molar-refractivity contribution in [3.63, 3.8) is 0 Å². The van der Waals surface area contributed by atoms with Gasteiger partial charge in [-0.05, 0) is 86.1 Å². The monoisotopic (exact) mass is 1740 g/mol. The Labute approximate surface area is 692 Å². The summed E-state index contributed by atoms with van der Waals surface area (Å²) in [6.45, 7) is 2.32. The standard InChI is InChI=1S/C19H33BN4O6S.C18H31BN4O6S.C17H29BN4O6S.C16H27BN4O6S/c1-2-24(17(12-21)11-15-7-4-3-5-8-15)31(29,30)23-13-16(9-6-10-20(27)28)19(22,14-23)18(25)26;1-2-23(16(11-20)14-7-4-3-5-8-14)30(28,29)22-12-15(9-6-10-19(26)27)18(21,13-22)17(24)25;19-10-15(9-13-5-2-1-3-6-13)21-29(27,28)22-11-14(7-4-8-18(25)26)17(20,12-22)16(23)24;18-9-14(12-5-2-1-3-6-12)20-28(26,27)21-10-13(7-4-8-17(24)25)16(19,11-21)15(22)23/h3-5,7-8,16-17,27-28H,2,6,9-14,21-22H2,1H3,(H,25,26);3-5,7-8,15-16,26-27H,2,6,9-13,20-21H2,1H3,(H,24,25);1-3,5-6,14-15,21,25-26H,4,7-12,19-20H2,(H,23,24);1-3,5-6,13-14,20,24-25H,4,7-11,18-19H2,(H,22,23)/t16-,17-,19-;15-,16+,18-;14-,15+,17-;13-,14-,16-/m0000/s1. The third-order valence-corrected chi connectivity index (χ3v) is 29.2. The van der Waals surface area contributed by atoms with Crippen molar-refractivity contribution in [2.75, 3.05) is 91.6 Å². The SMILES string of the molecule is CCN([C@H](CN)Cc1ccccc1)S(=O)(=O)N1C[C@H](CCCB(O)O)[C@](N)(C(=O)O)C1.CCN([C@H](CN)c1ccccc1)S(=O)(=O)N1C[C@H](CCCB(O)O)[C@](N)(C(=O)O)C1.NC[C@@H](Cc1ccccc1)NS(=O)(=O)N1C[C@H](CCCB(O)O)[C@](N)(C(=O)O)C1.NC[C@H](NS(=O)(=O)N1C[C@H](CCCB(O)O)[C@](N)(C(=O)O)C1)c1ccccc1. The highest BCUT2D eigenvalue weighted by Gasteiger charge is 2.57. The molecule has 4 aromatic rings. The quantitative estimate of drug-likeness (QED) is 0.0185. The fourth-order valence-corrected chi connectivity index (χ4v) is 21.9. The van der Waals surface area contributed by atoms with E-state index >= 15 is 0 Å². The summed E-state index contributed by atoms with van der Waals surface area (Å²) in [6, 6.07) is 34.3. The number of rotatable bonds is 44. The van der Waals surface area contributed by atoms with Crippen LogP contribution >= 0.6 is 0 Å². The number of hydrogen-bond acceptors (Lipinski definition) is 28. The molecule has 4 aliphatic heterocycles. The van der Waals surface area contributed by atoms with Crippen molar-refractivity contribution in [2.24, 2.45) is 69.5 Å². The second-order valence-corrected chi connectivity index (χ2v) is 37.4. The van der Waals surface area contributed by atoms with Crippen molar-refractivity contribution < 1.29 is 113 Å². The van der Waals surface area contributed by atoms with Crippen LogP contribution in [0.2, 0.25) is 25.3 Å². The maximum atomic E-state index is 13.5. The Morgan fingerprint density at radius 2 is 0.712 bits per heavy atom. The molecule has 0 spiro atoms. The normalized spacial score (nSPS) is 23.7. The molecule has 4 heterocycles. The Morgan fingerprint density at radius 1 is 0.415 bits per heavy atom. The summed E-state index contributed by atoms with van der Waals surface area (Å²) in [4.78, 5) is 47.2. The number of carboxylic acids is 4.